The molecule has 3 aliphatic rings. The van der Waals surface area contributed by atoms with Crippen molar-refractivity contribution in [1.29, 1.82) is 0 Å². The summed E-state index contributed by atoms with van der Waals surface area (Å²) in [6.45, 7) is 5.57. The largest absolute Gasteiger partial charge is 0.496 e. The third-order valence-electron chi connectivity index (χ3n) is 12.8. The summed E-state index contributed by atoms with van der Waals surface area (Å²) in [5.74, 6) is 0.832. The van der Waals surface area contributed by atoms with Crippen LogP contribution in [-0.4, -0.2) is 111 Å². The van der Waals surface area contributed by atoms with E-state index >= 15 is 0 Å². The van der Waals surface area contributed by atoms with Crippen LogP contribution >= 0.6 is 11.6 Å². The number of aryl methyl sites for hydroxylation is 2. The van der Waals surface area contributed by atoms with Crippen molar-refractivity contribution in [3.8, 4) is 11.5 Å². The van der Waals surface area contributed by atoms with Crippen molar-refractivity contribution in [1.82, 2.24) is 20.0 Å². The number of unbranched alkanes of at least 4 members (excludes halogenated alkanes) is 2. The van der Waals surface area contributed by atoms with Crippen LogP contribution in [0.2, 0.25) is 5.02 Å². The van der Waals surface area contributed by atoms with Crippen LogP contribution in [-0.2, 0) is 38.8 Å². The van der Waals surface area contributed by atoms with Gasteiger partial charge in [0, 0.05) is 50.7 Å². The van der Waals surface area contributed by atoms with Gasteiger partial charge in [0.25, 0.3) is 0 Å². The second kappa shape index (κ2) is 21.2. The second-order valence-electron chi connectivity index (χ2n) is 17.2. The van der Waals surface area contributed by atoms with Crippen molar-refractivity contribution in [2.24, 2.45) is 5.41 Å². The van der Waals surface area contributed by atoms with E-state index in [0.29, 0.717) is 37.1 Å². The number of ether oxygens (including phenoxy) is 2. The SMILES string of the molecule is CCc1ccc(CCC(=O)[C@@H]2CN(C(=O)Oc3ccccc3Cl)CCN2C(=O)[C@@H](CCCCCS(C)(=O)=O)NC2CCC3(CC2)CCN(Cc2ccccc2)C3)cc1OC. The molecular weight excluding hydrogens is 800 g/mol. The van der Waals surface area contributed by atoms with Gasteiger partial charge < -0.3 is 24.6 Å². The number of hydrogen-bond acceptors (Lipinski definition) is 9. The number of halogens is 1. The van der Waals surface area contributed by atoms with Gasteiger partial charge in [-0.1, -0.05) is 86.0 Å². The van der Waals surface area contributed by atoms with Crippen LogP contribution in [0.15, 0.2) is 72.8 Å². The Morgan fingerprint density at radius 2 is 1.65 bits per heavy atom. The molecule has 13 heteroatoms. The first-order valence-electron chi connectivity index (χ1n) is 21.8. The highest BCUT2D eigenvalue weighted by atomic mass is 35.5. The van der Waals surface area contributed by atoms with E-state index in [1.165, 1.54) is 23.1 Å². The third-order valence-corrected chi connectivity index (χ3v) is 14.1. The Balaban J connectivity index is 1.16. The fourth-order valence-electron chi connectivity index (χ4n) is 9.31. The molecule has 1 spiro atoms. The van der Waals surface area contributed by atoms with E-state index in [0.717, 1.165) is 68.6 Å². The van der Waals surface area contributed by atoms with Gasteiger partial charge >= 0.3 is 6.09 Å². The summed E-state index contributed by atoms with van der Waals surface area (Å²) < 4.78 is 35.0. The molecule has 2 aliphatic heterocycles. The van der Waals surface area contributed by atoms with Crippen LogP contribution in [0.5, 0.6) is 11.5 Å². The zero-order valence-electron chi connectivity index (χ0n) is 35.6. The Hall–Kier alpha value is -3.97. The van der Waals surface area contributed by atoms with Crippen LogP contribution in [0.1, 0.15) is 87.8 Å². The maximum atomic E-state index is 14.9. The van der Waals surface area contributed by atoms with Gasteiger partial charge in [0.1, 0.15) is 21.6 Å². The number of methoxy groups -OCH3 is 1. The van der Waals surface area contributed by atoms with Crippen molar-refractivity contribution in [3.05, 3.63) is 94.5 Å². The Bertz CT molecular complexity index is 2020. The minimum atomic E-state index is -3.09. The van der Waals surface area contributed by atoms with Crippen LogP contribution in [0.25, 0.3) is 0 Å². The Morgan fingerprint density at radius 3 is 2.37 bits per heavy atom. The topological polar surface area (TPSA) is 126 Å². The summed E-state index contributed by atoms with van der Waals surface area (Å²) in [6, 6.07) is 22.1. The standard InChI is InChI=1S/C47H63ClN4O7S/c1-4-37-20-18-35(31-44(37)58-2)19-21-42(53)41-33-51(46(55)59-43-17-11-10-15-39(43)48)28-29-52(41)45(54)40(16-9-6-12-30-60(3,56)57)49-38-22-24-47(25-23-38)26-27-50(34-47)32-36-13-7-5-8-14-36/h5,7-8,10-11,13-15,17-18,20,31,38,40-41,49H,4,6,9,12,16,19,21-30,32-34H2,1-3H3/t38?,40-,41+,47?/m1/s1. The number of carbonyl (C=O) groups is 3. The van der Waals surface area contributed by atoms with Crippen LogP contribution in [0.4, 0.5) is 4.79 Å². The molecule has 326 valence electrons. The van der Waals surface area contributed by atoms with E-state index in [-0.39, 0.29) is 60.7 Å². The van der Waals surface area contributed by atoms with Gasteiger partial charge in [-0.15, -0.1) is 0 Å². The summed E-state index contributed by atoms with van der Waals surface area (Å²) >= 11 is 6.31. The fourth-order valence-corrected chi connectivity index (χ4v) is 10.2. The van der Waals surface area contributed by atoms with Gasteiger partial charge in [-0.05, 0) is 105 Å². The molecule has 0 aromatic heterocycles. The van der Waals surface area contributed by atoms with Crippen molar-refractivity contribution >= 4 is 39.2 Å². The molecule has 1 N–H and O–H groups in total. The lowest BCUT2D eigenvalue weighted by Gasteiger charge is -2.43. The number of carbonyl (C=O) groups excluding carboxylic acids is 3. The Kier molecular flexibility index (Phi) is 16.1. The molecule has 0 radical (unpaired) electrons. The molecule has 1 aliphatic carbocycles. The predicted molar refractivity (Wildman–Crippen MR) is 236 cm³/mol. The maximum Gasteiger partial charge on any atom is 0.415 e. The lowest BCUT2D eigenvalue weighted by molar-refractivity contribution is -0.144. The first-order valence-corrected chi connectivity index (χ1v) is 24.2. The average Bonchev–Trinajstić information content (AvgIpc) is 3.64. The number of likely N-dealkylation sites (tertiary alicyclic amines) is 1. The van der Waals surface area contributed by atoms with Gasteiger partial charge in [0.05, 0.1) is 24.7 Å². The van der Waals surface area contributed by atoms with Crippen molar-refractivity contribution < 1.29 is 32.3 Å². The number of piperazine rings is 1. The van der Waals surface area contributed by atoms with Gasteiger partial charge in [-0.3, -0.25) is 14.5 Å². The summed E-state index contributed by atoms with van der Waals surface area (Å²) in [4.78, 5) is 48.5. The normalized spacial score (nSPS) is 21.5. The molecule has 6 rings (SSSR count). The highest BCUT2D eigenvalue weighted by molar-refractivity contribution is 7.90. The monoisotopic (exact) mass is 862 g/mol. The molecule has 3 aromatic carbocycles. The van der Waals surface area contributed by atoms with E-state index in [4.69, 9.17) is 21.1 Å². The molecule has 2 heterocycles. The number of rotatable bonds is 18. The number of hydrogen-bond donors (Lipinski definition) is 1. The number of nitrogens with zero attached hydrogens (tertiary/aromatic N) is 3. The minimum Gasteiger partial charge on any atom is -0.496 e. The summed E-state index contributed by atoms with van der Waals surface area (Å²) in [6.07, 6.45) is 9.74. The first kappa shape index (κ1) is 45.6. The number of nitrogens with one attached hydrogen (secondary N) is 1. The van der Waals surface area contributed by atoms with Crippen molar-refractivity contribution in [2.45, 2.75) is 109 Å². The minimum absolute atomic E-state index is 0.00153. The van der Waals surface area contributed by atoms with Gasteiger partial charge in [-0.25, -0.2) is 13.2 Å². The van der Waals surface area contributed by atoms with Gasteiger partial charge in [0.2, 0.25) is 5.91 Å². The number of ketones is 1. The van der Waals surface area contributed by atoms with Crippen LogP contribution in [0, 0.1) is 5.41 Å². The smallest absolute Gasteiger partial charge is 0.415 e. The van der Waals surface area contributed by atoms with E-state index < -0.39 is 28.0 Å². The molecule has 1 saturated carbocycles. The molecule has 0 bridgehead atoms. The number of amides is 2. The number of Topliss-reactive ketones (excluding diaryl/α,β-unsaturated/α-hetero) is 1. The van der Waals surface area contributed by atoms with Crippen LogP contribution < -0.4 is 14.8 Å². The zero-order chi connectivity index (χ0) is 42.7. The maximum absolute atomic E-state index is 14.9. The van der Waals surface area contributed by atoms with E-state index in [2.05, 4.69) is 47.5 Å². The molecule has 2 amide bonds. The molecular formula is C47H63ClN4O7S. The lowest BCUT2D eigenvalue weighted by atomic mass is 9.72. The molecule has 2 atom stereocenters. The highest BCUT2D eigenvalue weighted by Gasteiger charge is 2.43. The quantitative estimate of drug-likeness (QED) is 0.129. The van der Waals surface area contributed by atoms with Crippen molar-refractivity contribution in [2.75, 3.05) is 51.8 Å². The van der Waals surface area contributed by atoms with E-state index in [1.807, 2.05) is 18.2 Å². The highest BCUT2D eigenvalue weighted by Crippen LogP contribution is 2.44. The van der Waals surface area contributed by atoms with Crippen molar-refractivity contribution in [3.63, 3.8) is 0 Å². The van der Waals surface area contributed by atoms with E-state index in [1.54, 1.807) is 36.3 Å². The molecule has 11 nitrogen and oxygen atoms in total. The lowest BCUT2D eigenvalue weighted by Crippen LogP contribution is -2.63. The predicted octanol–water partition coefficient (Wildman–Crippen LogP) is 7.52. The van der Waals surface area contributed by atoms with Crippen LogP contribution in [0.3, 0.4) is 0 Å². The van der Waals surface area contributed by atoms with Gasteiger partial charge in [-0.2, -0.15) is 0 Å². The fraction of sp³-hybridized carbons (Fsp3) is 0.553. The zero-order valence-corrected chi connectivity index (χ0v) is 37.2. The second-order valence-corrected chi connectivity index (χ2v) is 19.8. The number of para-hydroxylation sites is 1. The molecule has 3 aromatic rings. The molecule has 2 saturated heterocycles. The Morgan fingerprint density at radius 1 is 0.900 bits per heavy atom. The number of benzene rings is 3. The van der Waals surface area contributed by atoms with Gasteiger partial charge in [0.15, 0.2) is 11.5 Å². The summed E-state index contributed by atoms with van der Waals surface area (Å²) in [7, 11) is -1.45. The molecule has 3 fully saturated rings. The summed E-state index contributed by atoms with van der Waals surface area (Å²) in [5.41, 5.74) is 3.66. The summed E-state index contributed by atoms with van der Waals surface area (Å²) in [5, 5.41) is 4.06. The van der Waals surface area contributed by atoms with E-state index in [9.17, 15) is 22.8 Å². The molecule has 60 heavy (non-hydrogen) atoms. The third kappa shape index (κ3) is 12.6. The first-order chi connectivity index (χ1) is 28.8. The Labute approximate surface area is 362 Å². The average molecular weight is 864 g/mol. The number of sulfone groups is 1. The molecule has 0 unspecified atom stereocenters.